The molecule has 29 heavy (non-hydrogen) atoms. The van der Waals surface area contributed by atoms with Crippen molar-refractivity contribution in [2.75, 3.05) is 5.32 Å². The van der Waals surface area contributed by atoms with Gasteiger partial charge in [0.05, 0.1) is 0 Å². The second kappa shape index (κ2) is 7.72. The van der Waals surface area contributed by atoms with Gasteiger partial charge in [-0.25, -0.2) is 4.63 Å². The molecule has 0 aliphatic rings. The van der Waals surface area contributed by atoms with Crippen LogP contribution >= 0.6 is 11.6 Å². The molecule has 4 rings (SSSR count). The van der Waals surface area contributed by atoms with Gasteiger partial charge in [0.1, 0.15) is 5.58 Å². The molecule has 2 aromatic heterocycles. The highest BCUT2D eigenvalue weighted by Gasteiger charge is 2.22. The van der Waals surface area contributed by atoms with Gasteiger partial charge in [0.2, 0.25) is 5.82 Å². The standard InChI is InChI=1S/C22H20ClN3O3/c1-4-13-6-7-14(5-2)17(10-13)19-21(26-29-25-19)24-22(27)20-12(3)16-11-15(23)8-9-18(16)28-20/h6-11H,4-5H2,1-3H3,(H,24,26,27). The number of aromatic nitrogens is 2. The number of nitrogens with zero attached hydrogens (tertiary/aromatic N) is 2. The number of furan rings is 1. The summed E-state index contributed by atoms with van der Waals surface area (Å²) >= 11 is 6.06. The van der Waals surface area contributed by atoms with Gasteiger partial charge in [-0.3, -0.25) is 10.1 Å². The molecule has 0 saturated heterocycles. The van der Waals surface area contributed by atoms with E-state index in [9.17, 15) is 4.79 Å². The first-order chi connectivity index (χ1) is 14.0. The van der Waals surface area contributed by atoms with Crippen molar-refractivity contribution < 1.29 is 13.8 Å². The zero-order chi connectivity index (χ0) is 20.5. The normalized spacial score (nSPS) is 11.2. The van der Waals surface area contributed by atoms with E-state index in [0.717, 1.165) is 29.4 Å². The summed E-state index contributed by atoms with van der Waals surface area (Å²) in [7, 11) is 0. The number of carbonyl (C=O) groups is 1. The van der Waals surface area contributed by atoms with E-state index >= 15 is 0 Å². The highest BCUT2D eigenvalue weighted by Crippen LogP contribution is 2.31. The van der Waals surface area contributed by atoms with E-state index in [1.165, 1.54) is 5.56 Å². The van der Waals surface area contributed by atoms with E-state index in [-0.39, 0.29) is 11.6 Å². The molecule has 4 aromatic rings. The number of carbonyl (C=O) groups excluding carboxylic acids is 1. The number of nitrogens with one attached hydrogen (secondary N) is 1. The Labute approximate surface area is 172 Å². The monoisotopic (exact) mass is 409 g/mol. The number of hydrogen-bond acceptors (Lipinski definition) is 5. The summed E-state index contributed by atoms with van der Waals surface area (Å²) in [4.78, 5) is 12.9. The molecule has 0 unspecified atom stereocenters. The van der Waals surface area contributed by atoms with Crippen LogP contribution in [0, 0.1) is 6.92 Å². The largest absolute Gasteiger partial charge is 0.451 e. The number of benzene rings is 2. The second-order valence-corrected chi connectivity index (χ2v) is 7.25. The Morgan fingerprint density at radius 2 is 1.93 bits per heavy atom. The summed E-state index contributed by atoms with van der Waals surface area (Å²) in [5.74, 6) is 0.0431. The minimum Gasteiger partial charge on any atom is -0.451 e. The molecule has 2 aromatic carbocycles. The SMILES string of the molecule is CCc1ccc(CC)c(-c2nonc2NC(=O)c2oc3ccc(Cl)cc3c2C)c1. The minimum absolute atomic E-state index is 0.203. The molecule has 0 spiro atoms. The van der Waals surface area contributed by atoms with E-state index in [2.05, 4.69) is 47.7 Å². The van der Waals surface area contributed by atoms with Crippen molar-refractivity contribution in [3.8, 4) is 11.3 Å². The molecule has 1 amide bonds. The lowest BCUT2D eigenvalue weighted by molar-refractivity contribution is 0.0997. The number of hydrogen-bond donors (Lipinski definition) is 1. The summed E-state index contributed by atoms with van der Waals surface area (Å²) in [6.07, 6.45) is 1.72. The smallest absolute Gasteiger partial charge is 0.292 e. The van der Waals surface area contributed by atoms with Gasteiger partial charge in [-0.1, -0.05) is 37.6 Å². The van der Waals surface area contributed by atoms with Crippen LogP contribution in [0.2, 0.25) is 5.02 Å². The first-order valence-electron chi connectivity index (χ1n) is 9.46. The summed E-state index contributed by atoms with van der Waals surface area (Å²) in [5, 5.41) is 12.1. The van der Waals surface area contributed by atoms with Crippen LogP contribution in [0.4, 0.5) is 5.82 Å². The fourth-order valence-electron chi connectivity index (χ4n) is 3.39. The Kier molecular flexibility index (Phi) is 5.11. The Balaban J connectivity index is 1.70. The molecular formula is C22H20ClN3O3. The maximum Gasteiger partial charge on any atom is 0.292 e. The van der Waals surface area contributed by atoms with E-state index in [1.54, 1.807) is 18.2 Å². The predicted octanol–water partition coefficient (Wildman–Crippen LogP) is 5.82. The van der Waals surface area contributed by atoms with Gasteiger partial charge in [0.25, 0.3) is 5.91 Å². The Hall–Kier alpha value is -3.12. The van der Waals surface area contributed by atoms with E-state index in [0.29, 0.717) is 21.9 Å². The maximum absolute atomic E-state index is 12.9. The molecule has 0 fully saturated rings. The number of amides is 1. The molecule has 0 aliphatic heterocycles. The molecule has 2 heterocycles. The van der Waals surface area contributed by atoms with Crippen molar-refractivity contribution >= 4 is 34.3 Å². The predicted molar refractivity (Wildman–Crippen MR) is 112 cm³/mol. The average Bonchev–Trinajstić information content (AvgIpc) is 3.32. The highest BCUT2D eigenvalue weighted by molar-refractivity contribution is 6.31. The van der Waals surface area contributed by atoms with E-state index < -0.39 is 5.91 Å². The van der Waals surface area contributed by atoms with Crippen molar-refractivity contribution in [2.45, 2.75) is 33.6 Å². The van der Waals surface area contributed by atoms with Crippen LogP contribution in [-0.2, 0) is 12.8 Å². The van der Waals surface area contributed by atoms with Gasteiger partial charge in [0, 0.05) is 21.5 Å². The fourth-order valence-corrected chi connectivity index (χ4v) is 3.57. The van der Waals surface area contributed by atoms with Crippen molar-refractivity contribution in [1.29, 1.82) is 0 Å². The molecule has 0 aliphatic carbocycles. The van der Waals surface area contributed by atoms with Crippen LogP contribution in [0.25, 0.3) is 22.2 Å². The van der Waals surface area contributed by atoms with E-state index in [4.69, 9.17) is 20.6 Å². The number of rotatable bonds is 5. The lowest BCUT2D eigenvalue weighted by atomic mass is 9.98. The topological polar surface area (TPSA) is 81.2 Å². The Bertz CT molecular complexity index is 1210. The van der Waals surface area contributed by atoms with Gasteiger partial charge in [-0.2, -0.15) is 0 Å². The third kappa shape index (κ3) is 3.51. The van der Waals surface area contributed by atoms with Crippen molar-refractivity contribution in [2.24, 2.45) is 0 Å². The summed E-state index contributed by atoms with van der Waals surface area (Å²) in [6, 6.07) is 11.5. The zero-order valence-corrected chi connectivity index (χ0v) is 17.1. The maximum atomic E-state index is 12.9. The molecule has 148 valence electrons. The van der Waals surface area contributed by atoms with Crippen LogP contribution in [0.1, 0.15) is 41.1 Å². The van der Waals surface area contributed by atoms with Crippen LogP contribution < -0.4 is 5.32 Å². The third-order valence-electron chi connectivity index (χ3n) is 5.04. The lowest BCUT2D eigenvalue weighted by Crippen LogP contribution is -2.13. The quantitative estimate of drug-likeness (QED) is 0.449. The van der Waals surface area contributed by atoms with Crippen LogP contribution in [0.5, 0.6) is 0 Å². The summed E-state index contributed by atoms with van der Waals surface area (Å²) in [6.45, 7) is 5.98. The number of halogens is 1. The number of anilines is 1. The van der Waals surface area contributed by atoms with Crippen molar-refractivity contribution in [3.63, 3.8) is 0 Å². The lowest BCUT2D eigenvalue weighted by Gasteiger charge is -2.09. The van der Waals surface area contributed by atoms with E-state index in [1.807, 2.05) is 6.92 Å². The summed E-state index contributed by atoms with van der Waals surface area (Å²) < 4.78 is 10.7. The van der Waals surface area contributed by atoms with Crippen molar-refractivity contribution in [1.82, 2.24) is 10.3 Å². The molecule has 7 heteroatoms. The van der Waals surface area contributed by atoms with Crippen LogP contribution in [0.3, 0.4) is 0 Å². The zero-order valence-electron chi connectivity index (χ0n) is 16.4. The average molecular weight is 410 g/mol. The van der Waals surface area contributed by atoms with Gasteiger partial charge in [0.15, 0.2) is 11.5 Å². The highest BCUT2D eigenvalue weighted by atomic mass is 35.5. The Morgan fingerprint density at radius 3 is 2.69 bits per heavy atom. The summed E-state index contributed by atoms with van der Waals surface area (Å²) in [5.41, 5.74) is 4.98. The number of aryl methyl sites for hydroxylation is 3. The molecule has 0 saturated carbocycles. The molecule has 0 atom stereocenters. The van der Waals surface area contributed by atoms with Crippen LogP contribution in [0.15, 0.2) is 45.4 Å². The third-order valence-corrected chi connectivity index (χ3v) is 5.28. The first kappa shape index (κ1) is 19.2. The van der Waals surface area contributed by atoms with Crippen molar-refractivity contribution in [3.05, 3.63) is 63.9 Å². The van der Waals surface area contributed by atoms with Crippen LogP contribution in [-0.4, -0.2) is 16.2 Å². The molecule has 6 nitrogen and oxygen atoms in total. The fraction of sp³-hybridized carbons (Fsp3) is 0.227. The molecule has 0 radical (unpaired) electrons. The molecule has 1 N–H and O–H groups in total. The van der Waals surface area contributed by atoms with Gasteiger partial charge < -0.3 is 4.42 Å². The van der Waals surface area contributed by atoms with Gasteiger partial charge >= 0.3 is 0 Å². The minimum atomic E-state index is -0.420. The molecular weight excluding hydrogens is 390 g/mol. The van der Waals surface area contributed by atoms with Gasteiger partial charge in [-0.15, -0.1) is 0 Å². The number of fused-ring (bicyclic) bond motifs is 1. The second-order valence-electron chi connectivity index (χ2n) is 6.81. The Morgan fingerprint density at radius 1 is 1.10 bits per heavy atom. The first-order valence-corrected chi connectivity index (χ1v) is 9.84. The van der Waals surface area contributed by atoms with Gasteiger partial charge in [-0.05, 0) is 65.5 Å². The molecule has 0 bridgehead atoms.